The van der Waals surface area contributed by atoms with Crippen LogP contribution in [0.4, 0.5) is 11.4 Å². The molecule has 2 aromatic carbocycles. The van der Waals surface area contributed by atoms with Crippen molar-refractivity contribution in [3.8, 4) is 0 Å². The second-order valence-corrected chi connectivity index (χ2v) is 8.89. The quantitative estimate of drug-likeness (QED) is 0.581. The number of piperazine rings is 1. The van der Waals surface area contributed by atoms with Crippen LogP contribution in [0.2, 0.25) is 0 Å². The number of carbonyl (C=O) groups is 2. The number of carboxylic acids is 1. The fourth-order valence-electron chi connectivity index (χ4n) is 4.27. The average Bonchev–Trinajstić information content (AvgIpc) is 2.81. The first-order valence-electron chi connectivity index (χ1n) is 10.7. The van der Waals surface area contributed by atoms with Crippen molar-refractivity contribution in [1.82, 2.24) is 4.90 Å². The smallest absolute Gasteiger partial charge is 0.335 e. The minimum absolute atomic E-state index is 0.201. The third kappa shape index (κ3) is 4.95. The lowest BCUT2D eigenvalue weighted by atomic mass is 9.91. The third-order valence-corrected chi connectivity index (χ3v) is 7.06. The summed E-state index contributed by atoms with van der Waals surface area (Å²) >= 11 is 3.83. The minimum atomic E-state index is -0.896. The fraction of sp³-hybridized carbons (Fsp3) is 0.280. The van der Waals surface area contributed by atoms with E-state index in [0.29, 0.717) is 5.56 Å². The Morgan fingerprint density at radius 3 is 2.44 bits per heavy atom. The molecule has 0 saturated carbocycles. The molecule has 2 N–H and O–H groups in total. The van der Waals surface area contributed by atoms with E-state index in [9.17, 15) is 9.59 Å². The van der Waals surface area contributed by atoms with E-state index in [2.05, 4.69) is 43.7 Å². The number of carbonyl (C=O) groups excluding carboxylic acids is 1. The van der Waals surface area contributed by atoms with Crippen LogP contribution >= 0.6 is 15.9 Å². The van der Waals surface area contributed by atoms with Gasteiger partial charge in [0.05, 0.1) is 5.56 Å². The van der Waals surface area contributed by atoms with Gasteiger partial charge < -0.3 is 15.3 Å². The van der Waals surface area contributed by atoms with Gasteiger partial charge in [-0.3, -0.25) is 9.69 Å². The van der Waals surface area contributed by atoms with Gasteiger partial charge in [-0.2, -0.15) is 0 Å². The number of nitrogens with one attached hydrogen (secondary N) is 1. The molecule has 1 amide bonds. The summed E-state index contributed by atoms with van der Waals surface area (Å²) in [6.45, 7) is 8.19. The van der Waals surface area contributed by atoms with Crippen LogP contribution in [0.25, 0.3) is 4.48 Å². The summed E-state index contributed by atoms with van der Waals surface area (Å²) in [4.78, 5) is 27.4. The topological polar surface area (TPSA) is 72.9 Å². The first kappa shape index (κ1) is 22.3. The number of carboxylic acid groups (broad SMARTS) is 1. The van der Waals surface area contributed by atoms with Crippen molar-refractivity contribution in [2.24, 2.45) is 0 Å². The maximum Gasteiger partial charge on any atom is 0.335 e. The second-order valence-electron chi connectivity index (χ2n) is 8.10. The Labute approximate surface area is 196 Å². The lowest BCUT2D eigenvalue weighted by molar-refractivity contribution is -0.111. The Morgan fingerprint density at radius 1 is 1.06 bits per heavy atom. The number of hydrogen-bond acceptors (Lipinski definition) is 4. The summed E-state index contributed by atoms with van der Waals surface area (Å²) in [5.41, 5.74) is 6.01. The van der Waals surface area contributed by atoms with Crippen LogP contribution in [0.15, 0.2) is 60.7 Å². The summed E-state index contributed by atoms with van der Waals surface area (Å²) < 4.78 is 1.16. The van der Waals surface area contributed by atoms with Crippen molar-refractivity contribution in [3.63, 3.8) is 0 Å². The van der Waals surface area contributed by atoms with Gasteiger partial charge >= 0.3 is 5.97 Å². The molecule has 1 aliphatic heterocycles. The van der Waals surface area contributed by atoms with E-state index in [1.54, 1.807) is 12.1 Å². The highest BCUT2D eigenvalue weighted by atomic mass is 79.9. The zero-order valence-electron chi connectivity index (χ0n) is 17.8. The van der Waals surface area contributed by atoms with Gasteiger partial charge in [0.15, 0.2) is 0 Å². The van der Waals surface area contributed by atoms with E-state index in [-0.39, 0.29) is 5.91 Å². The van der Waals surface area contributed by atoms with Gasteiger partial charge in [0.2, 0.25) is 5.91 Å². The number of nitrogens with zero attached hydrogens (tertiary/aromatic N) is 2. The van der Waals surface area contributed by atoms with E-state index in [1.807, 2.05) is 24.3 Å². The van der Waals surface area contributed by atoms with Crippen LogP contribution < -0.4 is 10.2 Å². The van der Waals surface area contributed by atoms with Gasteiger partial charge in [0, 0.05) is 48.6 Å². The molecule has 0 unspecified atom stereocenters. The zero-order valence-corrected chi connectivity index (χ0v) is 19.4. The standard InChI is InChI=1S/C25H26BrN3O3/c1-2-23(30)27-20-7-10-22-18(15-20)3-4-19(24(22)26)16-28-11-13-29(14-12-28)21-8-5-17(6-9-21)25(31)32/h2,5-10,15H,1,3-4,11-14,16H2,(H,27,30)(H,31,32). The first-order valence-corrected chi connectivity index (χ1v) is 11.5. The molecule has 2 aromatic rings. The van der Waals surface area contributed by atoms with Gasteiger partial charge in [-0.25, -0.2) is 4.79 Å². The highest BCUT2D eigenvalue weighted by molar-refractivity contribution is 9.15. The second kappa shape index (κ2) is 9.71. The molecule has 0 aromatic heterocycles. The molecule has 0 bridgehead atoms. The van der Waals surface area contributed by atoms with Gasteiger partial charge in [0.25, 0.3) is 0 Å². The summed E-state index contributed by atoms with van der Waals surface area (Å²) in [7, 11) is 0. The summed E-state index contributed by atoms with van der Waals surface area (Å²) in [5.74, 6) is -1.10. The summed E-state index contributed by atoms with van der Waals surface area (Å²) in [6, 6.07) is 13.2. The van der Waals surface area contributed by atoms with Crippen LogP contribution in [0, 0.1) is 0 Å². The van der Waals surface area contributed by atoms with Gasteiger partial charge in [0.1, 0.15) is 0 Å². The van der Waals surface area contributed by atoms with Crippen molar-refractivity contribution in [1.29, 1.82) is 0 Å². The monoisotopic (exact) mass is 495 g/mol. The van der Waals surface area contributed by atoms with E-state index in [0.717, 1.165) is 61.4 Å². The van der Waals surface area contributed by atoms with E-state index < -0.39 is 5.97 Å². The van der Waals surface area contributed by atoms with Crippen LogP contribution in [0.3, 0.4) is 0 Å². The molecule has 0 spiro atoms. The first-order chi connectivity index (χ1) is 15.4. The normalized spacial score (nSPS) is 16.5. The molecule has 0 atom stereocenters. The largest absolute Gasteiger partial charge is 0.478 e. The highest BCUT2D eigenvalue weighted by Crippen LogP contribution is 2.37. The van der Waals surface area contributed by atoms with E-state index in [1.165, 1.54) is 22.8 Å². The molecular weight excluding hydrogens is 470 g/mol. The fourth-order valence-corrected chi connectivity index (χ4v) is 4.98. The predicted octanol–water partition coefficient (Wildman–Crippen LogP) is 4.38. The molecule has 7 heteroatoms. The third-order valence-electron chi connectivity index (χ3n) is 6.07. The molecular formula is C25H26BrN3O3. The Kier molecular flexibility index (Phi) is 6.77. The van der Waals surface area contributed by atoms with Crippen molar-refractivity contribution >= 4 is 43.7 Å². The van der Waals surface area contributed by atoms with E-state index in [4.69, 9.17) is 5.11 Å². The molecule has 1 saturated heterocycles. The number of halogens is 1. The lowest BCUT2D eigenvalue weighted by Gasteiger charge is -2.37. The molecule has 0 radical (unpaired) electrons. The van der Waals surface area contributed by atoms with Crippen molar-refractivity contribution in [3.05, 3.63) is 77.4 Å². The molecule has 1 aliphatic carbocycles. The average molecular weight is 496 g/mol. The van der Waals surface area contributed by atoms with Gasteiger partial charge in [-0.15, -0.1) is 0 Å². The summed E-state index contributed by atoms with van der Waals surface area (Å²) in [5, 5.41) is 11.9. The SMILES string of the molecule is C=CC(=O)Nc1ccc2c(c1)CCC(CN1CCN(c3ccc(C(=O)O)cc3)CC1)=C2Br. The van der Waals surface area contributed by atoms with Crippen molar-refractivity contribution in [2.45, 2.75) is 12.8 Å². The molecule has 1 fully saturated rings. The zero-order chi connectivity index (χ0) is 22.7. The number of rotatable bonds is 6. The van der Waals surface area contributed by atoms with Crippen LogP contribution in [-0.2, 0) is 11.2 Å². The van der Waals surface area contributed by atoms with Crippen molar-refractivity contribution in [2.75, 3.05) is 42.9 Å². The molecule has 32 heavy (non-hydrogen) atoms. The lowest BCUT2D eigenvalue weighted by Crippen LogP contribution is -2.47. The van der Waals surface area contributed by atoms with Gasteiger partial charge in [-0.1, -0.05) is 28.6 Å². The Bertz CT molecular complexity index is 1070. The van der Waals surface area contributed by atoms with E-state index >= 15 is 0 Å². The number of aryl methyl sites for hydroxylation is 1. The predicted molar refractivity (Wildman–Crippen MR) is 131 cm³/mol. The molecule has 1 heterocycles. The number of aromatic carboxylic acids is 1. The van der Waals surface area contributed by atoms with Crippen LogP contribution in [0.5, 0.6) is 0 Å². The minimum Gasteiger partial charge on any atom is -0.478 e. The molecule has 6 nitrogen and oxygen atoms in total. The van der Waals surface area contributed by atoms with Gasteiger partial charge in [-0.05, 0) is 72.0 Å². The number of hydrogen-bond donors (Lipinski definition) is 2. The maximum atomic E-state index is 11.6. The Balaban J connectivity index is 1.38. The number of amides is 1. The number of benzene rings is 2. The van der Waals surface area contributed by atoms with Crippen LogP contribution in [0.1, 0.15) is 27.9 Å². The highest BCUT2D eigenvalue weighted by Gasteiger charge is 2.23. The maximum absolute atomic E-state index is 11.6. The Hall–Kier alpha value is -2.90. The molecule has 2 aliphatic rings. The molecule has 166 valence electrons. The Morgan fingerprint density at radius 2 is 1.78 bits per heavy atom. The molecule has 4 rings (SSSR count). The summed E-state index contributed by atoms with van der Waals surface area (Å²) in [6.07, 6.45) is 3.22. The van der Waals surface area contributed by atoms with Crippen molar-refractivity contribution < 1.29 is 14.7 Å². The number of fused-ring (bicyclic) bond motifs is 1. The number of anilines is 2. The van der Waals surface area contributed by atoms with Crippen LogP contribution in [-0.4, -0.2) is 54.6 Å².